The van der Waals surface area contributed by atoms with Gasteiger partial charge in [-0.25, -0.2) is 0 Å². The number of rotatable bonds is 10. The van der Waals surface area contributed by atoms with Crippen molar-refractivity contribution in [1.82, 2.24) is 16.0 Å². The van der Waals surface area contributed by atoms with E-state index in [1.165, 1.54) is 0 Å². The number of carbonyl (C=O) groups excluding carboxylic acids is 2. The highest BCUT2D eigenvalue weighted by Gasteiger charge is 2.04. The highest BCUT2D eigenvalue weighted by Crippen LogP contribution is 2.05. The van der Waals surface area contributed by atoms with Gasteiger partial charge in [0.2, 0.25) is 0 Å². The van der Waals surface area contributed by atoms with Crippen molar-refractivity contribution < 1.29 is 14.3 Å². The minimum Gasteiger partial charge on any atom is -0.466 e. The monoisotopic (exact) mass is 362 g/mol. The molecule has 1 aromatic carbocycles. The summed E-state index contributed by atoms with van der Waals surface area (Å²) in [5.74, 6) is 0.451. The quantitative estimate of drug-likeness (QED) is 0.254. The number of amides is 1. The minimum atomic E-state index is -0.184. The molecule has 0 saturated carbocycles. The molecule has 1 rings (SSSR count). The van der Waals surface area contributed by atoms with E-state index in [-0.39, 0.29) is 11.9 Å². The lowest BCUT2D eigenvalue weighted by Gasteiger charge is -2.11. The van der Waals surface area contributed by atoms with Crippen LogP contribution in [0.4, 0.5) is 0 Å². The number of carbonyl (C=O) groups is 2. The number of guanidine groups is 1. The van der Waals surface area contributed by atoms with Crippen molar-refractivity contribution in [2.24, 2.45) is 4.99 Å². The van der Waals surface area contributed by atoms with Crippen LogP contribution in [0, 0.1) is 0 Å². The van der Waals surface area contributed by atoms with Gasteiger partial charge < -0.3 is 20.7 Å². The summed E-state index contributed by atoms with van der Waals surface area (Å²) < 4.78 is 4.90. The molecule has 0 fully saturated rings. The molecule has 0 aliphatic heterocycles. The molecule has 0 bridgehead atoms. The Balaban J connectivity index is 2.44. The van der Waals surface area contributed by atoms with E-state index in [0.717, 1.165) is 24.5 Å². The van der Waals surface area contributed by atoms with E-state index in [0.29, 0.717) is 38.1 Å². The van der Waals surface area contributed by atoms with Crippen LogP contribution in [0.5, 0.6) is 0 Å². The van der Waals surface area contributed by atoms with E-state index in [2.05, 4.69) is 20.9 Å². The molecule has 1 amide bonds. The molecule has 3 N–H and O–H groups in total. The van der Waals surface area contributed by atoms with Crippen LogP contribution in [0.3, 0.4) is 0 Å². The maximum absolute atomic E-state index is 11.7. The standard InChI is InChI=1S/C19H30N4O3/c1-4-21-19(22-12-7-10-17(24)26-5-2)23-13-11-15-8-6-9-16(14-15)18(25)20-3/h6,8-9,14H,4-5,7,10-13H2,1-3H3,(H,20,25)(H2,21,22,23). The lowest BCUT2D eigenvalue weighted by molar-refractivity contribution is -0.143. The number of esters is 1. The molecule has 0 aliphatic rings. The molecule has 7 heteroatoms. The summed E-state index contributed by atoms with van der Waals surface area (Å²) in [5, 5.41) is 9.07. The van der Waals surface area contributed by atoms with E-state index >= 15 is 0 Å². The topological polar surface area (TPSA) is 91.8 Å². The van der Waals surface area contributed by atoms with Gasteiger partial charge in [-0.1, -0.05) is 12.1 Å². The lowest BCUT2D eigenvalue weighted by atomic mass is 10.1. The van der Waals surface area contributed by atoms with Crippen molar-refractivity contribution >= 4 is 17.8 Å². The summed E-state index contributed by atoms with van der Waals surface area (Å²) >= 11 is 0. The van der Waals surface area contributed by atoms with Crippen molar-refractivity contribution in [3.05, 3.63) is 35.4 Å². The zero-order valence-electron chi connectivity index (χ0n) is 15.9. The van der Waals surface area contributed by atoms with Gasteiger partial charge in [-0.3, -0.25) is 14.6 Å². The van der Waals surface area contributed by atoms with Gasteiger partial charge in [0.25, 0.3) is 5.91 Å². The van der Waals surface area contributed by atoms with Crippen LogP contribution in [0.1, 0.15) is 42.6 Å². The van der Waals surface area contributed by atoms with E-state index in [4.69, 9.17) is 4.74 Å². The number of hydrogen-bond donors (Lipinski definition) is 3. The number of hydrogen-bond acceptors (Lipinski definition) is 4. The molecule has 0 aromatic heterocycles. The third-order valence-electron chi connectivity index (χ3n) is 3.58. The first kappa shape index (κ1) is 21.5. The number of aliphatic imine (C=N–C) groups is 1. The van der Waals surface area contributed by atoms with Crippen molar-refractivity contribution in [2.75, 3.05) is 33.3 Å². The van der Waals surface area contributed by atoms with Crippen molar-refractivity contribution in [3.63, 3.8) is 0 Å². The highest BCUT2D eigenvalue weighted by molar-refractivity contribution is 5.94. The number of nitrogens with one attached hydrogen (secondary N) is 3. The van der Waals surface area contributed by atoms with Gasteiger partial charge >= 0.3 is 5.97 Å². The maximum Gasteiger partial charge on any atom is 0.305 e. The first-order valence-corrected chi connectivity index (χ1v) is 9.09. The molecule has 0 radical (unpaired) electrons. The van der Waals surface area contributed by atoms with Gasteiger partial charge in [-0.2, -0.15) is 0 Å². The molecule has 144 valence electrons. The van der Waals surface area contributed by atoms with Gasteiger partial charge in [0, 0.05) is 38.7 Å². The predicted molar refractivity (Wildman–Crippen MR) is 103 cm³/mol. The second-order valence-electron chi connectivity index (χ2n) is 5.63. The van der Waals surface area contributed by atoms with E-state index < -0.39 is 0 Å². The Bertz CT molecular complexity index is 602. The zero-order valence-corrected chi connectivity index (χ0v) is 15.9. The molecule has 0 spiro atoms. The second kappa shape index (κ2) is 12.7. The fourth-order valence-electron chi connectivity index (χ4n) is 2.33. The Labute approximate surface area is 155 Å². The fraction of sp³-hybridized carbons (Fsp3) is 0.526. The largest absolute Gasteiger partial charge is 0.466 e. The molecular weight excluding hydrogens is 332 g/mol. The van der Waals surface area contributed by atoms with Crippen LogP contribution in [-0.4, -0.2) is 51.1 Å². The normalized spacial score (nSPS) is 11.0. The molecular formula is C19H30N4O3. The van der Waals surface area contributed by atoms with E-state index in [1.54, 1.807) is 20.0 Å². The Morgan fingerprint density at radius 2 is 2.00 bits per heavy atom. The molecule has 0 saturated heterocycles. The van der Waals surface area contributed by atoms with Gasteiger partial charge in [0.1, 0.15) is 0 Å². The SMILES string of the molecule is CCNC(=NCCCC(=O)OCC)NCCc1cccc(C(=O)NC)c1. The molecule has 0 aliphatic carbocycles. The highest BCUT2D eigenvalue weighted by atomic mass is 16.5. The minimum absolute atomic E-state index is 0.0867. The average molecular weight is 362 g/mol. The van der Waals surface area contributed by atoms with Crippen LogP contribution in [-0.2, 0) is 16.0 Å². The van der Waals surface area contributed by atoms with Gasteiger partial charge in [0.05, 0.1) is 6.61 Å². The molecule has 7 nitrogen and oxygen atoms in total. The second-order valence-corrected chi connectivity index (χ2v) is 5.63. The number of benzene rings is 1. The van der Waals surface area contributed by atoms with Crippen LogP contribution >= 0.6 is 0 Å². The fourth-order valence-corrected chi connectivity index (χ4v) is 2.33. The summed E-state index contributed by atoms with van der Waals surface area (Å²) in [5.41, 5.74) is 1.74. The Kier molecular flexibility index (Phi) is 10.5. The summed E-state index contributed by atoms with van der Waals surface area (Å²) in [6.07, 6.45) is 1.81. The van der Waals surface area contributed by atoms with E-state index in [1.807, 2.05) is 25.1 Å². The van der Waals surface area contributed by atoms with Crippen molar-refractivity contribution in [3.8, 4) is 0 Å². The van der Waals surface area contributed by atoms with Gasteiger partial charge in [-0.05, 0) is 44.4 Å². The third kappa shape index (κ3) is 8.50. The lowest BCUT2D eigenvalue weighted by Crippen LogP contribution is -2.38. The summed E-state index contributed by atoms with van der Waals surface area (Å²) in [4.78, 5) is 27.4. The maximum atomic E-state index is 11.7. The molecule has 0 atom stereocenters. The Morgan fingerprint density at radius 3 is 2.69 bits per heavy atom. The molecule has 0 heterocycles. The van der Waals surface area contributed by atoms with Crippen LogP contribution < -0.4 is 16.0 Å². The first-order valence-electron chi connectivity index (χ1n) is 9.09. The van der Waals surface area contributed by atoms with Crippen LogP contribution in [0.15, 0.2) is 29.3 Å². The van der Waals surface area contributed by atoms with Crippen LogP contribution in [0.2, 0.25) is 0 Å². The molecule has 1 aromatic rings. The smallest absolute Gasteiger partial charge is 0.305 e. The Morgan fingerprint density at radius 1 is 1.19 bits per heavy atom. The number of ether oxygens (including phenoxy) is 1. The van der Waals surface area contributed by atoms with Gasteiger partial charge in [-0.15, -0.1) is 0 Å². The van der Waals surface area contributed by atoms with Gasteiger partial charge in [0.15, 0.2) is 5.96 Å². The van der Waals surface area contributed by atoms with Crippen molar-refractivity contribution in [2.45, 2.75) is 33.1 Å². The summed E-state index contributed by atoms with van der Waals surface area (Å²) in [6, 6.07) is 7.57. The third-order valence-corrected chi connectivity index (χ3v) is 3.58. The summed E-state index contributed by atoms with van der Waals surface area (Å²) in [7, 11) is 1.62. The predicted octanol–water partition coefficient (Wildman–Crippen LogP) is 1.49. The zero-order chi connectivity index (χ0) is 19.2. The van der Waals surface area contributed by atoms with E-state index in [9.17, 15) is 9.59 Å². The number of nitrogens with zero attached hydrogens (tertiary/aromatic N) is 1. The van der Waals surface area contributed by atoms with Crippen molar-refractivity contribution in [1.29, 1.82) is 0 Å². The van der Waals surface area contributed by atoms with Crippen LogP contribution in [0.25, 0.3) is 0 Å². The average Bonchev–Trinajstić information content (AvgIpc) is 2.65. The molecule has 0 unspecified atom stereocenters. The molecule has 26 heavy (non-hydrogen) atoms. The summed E-state index contributed by atoms with van der Waals surface area (Å²) in [6.45, 7) is 6.22. The first-order chi connectivity index (χ1) is 12.6. The Hall–Kier alpha value is -2.57.